The van der Waals surface area contributed by atoms with Gasteiger partial charge in [-0.25, -0.2) is 0 Å². The van der Waals surface area contributed by atoms with E-state index in [1.165, 1.54) is 29.7 Å². The summed E-state index contributed by atoms with van der Waals surface area (Å²) < 4.78 is 0. The van der Waals surface area contributed by atoms with Crippen molar-refractivity contribution < 1.29 is 0 Å². The van der Waals surface area contributed by atoms with Crippen LogP contribution < -0.4 is 0 Å². The van der Waals surface area contributed by atoms with Crippen LogP contribution in [0.4, 0.5) is 5.69 Å². The van der Waals surface area contributed by atoms with Gasteiger partial charge in [-0.05, 0) is 25.8 Å². The molecule has 2 heterocycles. The summed E-state index contributed by atoms with van der Waals surface area (Å²) in [6.07, 6.45) is 4.45. The normalized spacial score (nSPS) is 27.6. The molecule has 0 N–H and O–H groups in total. The Kier molecular flexibility index (Phi) is 2.10. The molecule has 1 fully saturated rings. The molecular weight excluding hydrogens is 196 g/mol. The van der Waals surface area contributed by atoms with Crippen LogP contribution >= 0.6 is 0 Å². The van der Waals surface area contributed by atoms with Crippen LogP contribution in [0.1, 0.15) is 25.3 Å². The van der Waals surface area contributed by atoms with Crippen LogP contribution in [-0.4, -0.2) is 24.2 Å². The fourth-order valence-corrected chi connectivity index (χ4v) is 2.55. The van der Waals surface area contributed by atoms with Gasteiger partial charge in [-0.2, -0.15) is 0 Å². The van der Waals surface area contributed by atoms with Crippen LogP contribution in [0.25, 0.3) is 5.57 Å². The predicted octanol–water partition coefficient (Wildman–Crippen LogP) is 3.23. The minimum absolute atomic E-state index is 0.656. The van der Waals surface area contributed by atoms with E-state index >= 15 is 0 Å². The van der Waals surface area contributed by atoms with Gasteiger partial charge < -0.3 is 4.90 Å². The smallest absolute Gasteiger partial charge is 0.0709 e. The van der Waals surface area contributed by atoms with Crippen molar-refractivity contribution in [2.45, 2.75) is 25.8 Å². The summed E-state index contributed by atoms with van der Waals surface area (Å²) in [5.41, 5.74) is 5.17. The van der Waals surface area contributed by atoms with E-state index in [-0.39, 0.29) is 0 Å². The molecule has 1 unspecified atom stereocenters. The van der Waals surface area contributed by atoms with E-state index in [2.05, 4.69) is 42.1 Å². The second-order valence-electron chi connectivity index (χ2n) is 4.63. The molecule has 0 radical (unpaired) electrons. The number of nitrogens with zero attached hydrogens (tertiary/aromatic N) is 2. The molecule has 1 atom stereocenters. The number of rotatable bonds is 0. The van der Waals surface area contributed by atoms with Gasteiger partial charge in [0.25, 0.3) is 0 Å². The van der Waals surface area contributed by atoms with Crippen molar-refractivity contribution >= 4 is 17.5 Å². The van der Waals surface area contributed by atoms with Crippen LogP contribution in [0.3, 0.4) is 0 Å². The molecule has 16 heavy (non-hydrogen) atoms. The zero-order valence-electron chi connectivity index (χ0n) is 9.77. The SMILES string of the molecule is CC1CCC(=C2C=Nc3ccccc32)N1C. The zero-order chi connectivity index (χ0) is 11.1. The quantitative estimate of drug-likeness (QED) is 0.644. The molecular formula is C14H16N2. The van der Waals surface area contributed by atoms with Crippen LogP contribution in [0.2, 0.25) is 0 Å². The Bertz CT molecular complexity index is 485. The number of likely N-dealkylation sites (tertiary alicyclic amines) is 1. The van der Waals surface area contributed by atoms with Gasteiger partial charge in [-0.1, -0.05) is 18.2 Å². The maximum atomic E-state index is 4.48. The Morgan fingerprint density at radius 1 is 1.31 bits per heavy atom. The minimum Gasteiger partial charge on any atom is -0.375 e. The van der Waals surface area contributed by atoms with Gasteiger partial charge in [0.05, 0.1) is 5.69 Å². The third-order valence-corrected chi connectivity index (χ3v) is 3.72. The highest BCUT2D eigenvalue weighted by Gasteiger charge is 2.25. The standard InChI is InChI=1S/C14H16N2/c1-10-7-8-14(16(10)2)12-9-15-13-6-4-3-5-11(12)13/h3-6,9-10H,7-8H2,1-2H3. The van der Waals surface area contributed by atoms with Crippen molar-refractivity contribution in [2.75, 3.05) is 7.05 Å². The number of para-hydroxylation sites is 1. The maximum Gasteiger partial charge on any atom is 0.0709 e. The van der Waals surface area contributed by atoms with Gasteiger partial charge in [-0.3, -0.25) is 4.99 Å². The molecule has 1 aromatic rings. The lowest BCUT2D eigenvalue weighted by molar-refractivity contribution is 0.377. The third kappa shape index (κ3) is 1.29. The third-order valence-electron chi connectivity index (χ3n) is 3.72. The number of allylic oxidation sites excluding steroid dienone is 2. The Morgan fingerprint density at radius 2 is 2.12 bits per heavy atom. The summed E-state index contributed by atoms with van der Waals surface area (Å²) in [6, 6.07) is 9.04. The first-order chi connectivity index (χ1) is 7.77. The van der Waals surface area contributed by atoms with Crippen molar-refractivity contribution in [2.24, 2.45) is 4.99 Å². The fraction of sp³-hybridized carbons (Fsp3) is 0.357. The molecule has 0 amide bonds. The van der Waals surface area contributed by atoms with Crippen LogP contribution in [0, 0.1) is 0 Å². The van der Waals surface area contributed by atoms with E-state index in [0.717, 1.165) is 5.69 Å². The fourth-order valence-electron chi connectivity index (χ4n) is 2.55. The first-order valence-corrected chi connectivity index (χ1v) is 5.87. The highest BCUT2D eigenvalue weighted by Crippen LogP contribution is 2.38. The molecule has 2 aliphatic rings. The van der Waals surface area contributed by atoms with Crippen molar-refractivity contribution in [1.29, 1.82) is 0 Å². The summed E-state index contributed by atoms with van der Waals surface area (Å²) in [7, 11) is 2.19. The highest BCUT2D eigenvalue weighted by molar-refractivity contribution is 6.17. The number of benzene rings is 1. The van der Waals surface area contributed by atoms with Gasteiger partial charge in [0.15, 0.2) is 0 Å². The molecule has 0 aliphatic carbocycles. The summed E-state index contributed by atoms with van der Waals surface area (Å²) in [5, 5.41) is 0. The van der Waals surface area contributed by atoms with Gasteiger partial charge in [0.1, 0.15) is 0 Å². The van der Waals surface area contributed by atoms with Crippen LogP contribution in [0.15, 0.2) is 35.0 Å². The highest BCUT2D eigenvalue weighted by atomic mass is 15.2. The lowest BCUT2D eigenvalue weighted by atomic mass is 10.0. The summed E-state index contributed by atoms with van der Waals surface area (Å²) in [5.74, 6) is 0. The lowest BCUT2D eigenvalue weighted by Gasteiger charge is -2.20. The molecule has 82 valence electrons. The minimum atomic E-state index is 0.656. The van der Waals surface area contributed by atoms with Crippen LogP contribution in [-0.2, 0) is 0 Å². The average molecular weight is 212 g/mol. The Balaban J connectivity index is 2.11. The summed E-state index contributed by atoms with van der Waals surface area (Å²) in [4.78, 5) is 6.87. The van der Waals surface area contributed by atoms with E-state index in [0.29, 0.717) is 6.04 Å². The largest absolute Gasteiger partial charge is 0.375 e. The van der Waals surface area contributed by atoms with Gasteiger partial charge in [-0.15, -0.1) is 0 Å². The number of hydrogen-bond donors (Lipinski definition) is 0. The van der Waals surface area contributed by atoms with E-state index < -0.39 is 0 Å². The predicted molar refractivity (Wildman–Crippen MR) is 68.0 cm³/mol. The van der Waals surface area contributed by atoms with Crippen molar-refractivity contribution in [3.8, 4) is 0 Å². The van der Waals surface area contributed by atoms with E-state index in [1.54, 1.807) is 0 Å². The number of aliphatic imine (C=N–C) groups is 1. The first-order valence-electron chi connectivity index (χ1n) is 5.87. The first kappa shape index (κ1) is 9.64. The second kappa shape index (κ2) is 3.48. The van der Waals surface area contributed by atoms with E-state index in [1.807, 2.05) is 12.3 Å². The molecule has 2 nitrogen and oxygen atoms in total. The van der Waals surface area contributed by atoms with Gasteiger partial charge in [0, 0.05) is 36.1 Å². The Hall–Kier alpha value is -1.57. The molecule has 0 bridgehead atoms. The number of hydrogen-bond acceptors (Lipinski definition) is 2. The van der Waals surface area contributed by atoms with Crippen LogP contribution in [0.5, 0.6) is 0 Å². The Labute approximate surface area is 96.3 Å². The van der Waals surface area contributed by atoms with E-state index in [4.69, 9.17) is 0 Å². The molecule has 0 saturated carbocycles. The molecule has 0 spiro atoms. The molecule has 1 saturated heterocycles. The maximum absolute atomic E-state index is 4.48. The topological polar surface area (TPSA) is 15.6 Å². The van der Waals surface area contributed by atoms with E-state index in [9.17, 15) is 0 Å². The average Bonchev–Trinajstić information content (AvgIpc) is 2.85. The molecule has 1 aromatic carbocycles. The zero-order valence-corrected chi connectivity index (χ0v) is 9.77. The monoisotopic (exact) mass is 212 g/mol. The van der Waals surface area contributed by atoms with Crippen molar-refractivity contribution in [3.63, 3.8) is 0 Å². The number of fused-ring (bicyclic) bond motifs is 1. The van der Waals surface area contributed by atoms with Crippen molar-refractivity contribution in [3.05, 3.63) is 35.5 Å². The molecule has 2 heteroatoms. The molecule has 2 aliphatic heterocycles. The van der Waals surface area contributed by atoms with Crippen molar-refractivity contribution in [1.82, 2.24) is 4.90 Å². The molecule has 3 rings (SSSR count). The second-order valence-corrected chi connectivity index (χ2v) is 4.63. The summed E-state index contributed by atoms with van der Waals surface area (Å²) >= 11 is 0. The Morgan fingerprint density at radius 3 is 2.88 bits per heavy atom. The van der Waals surface area contributed by atoms with Gasteiger partial charge >= 0.3 is 0 Å². The molecule has 0 aromatic heterocycles. The summed E-state index contributed by atoms with van der Waals surface area (Å²) in [6.45, 7) is 2.28. The van der Waals surface area contributed by atoms with Gasteiger partial charge in [0.2, 0.25) is 0 Å². The lowest BCUT2D eigenvalue weighted by Crippen LogP contribution is -2.20.